The molecule has 0 saturated carbocycles. The molecule has 5 heteroatoms. The first-order valence-electron chi connectivity index (χ1n) is 7.52. The Hall–Kier alpha value is -0.810. The highest BCUT2D eigenvalue weighted by atomic mass is 16.5. The summed E-state index contributed by atoms with van der Waals surface area (Å²) in [5.41, 5.74) is -0.438. The number of ether oxygens (including phenoxy) is 2. The Morgan fingerprint density at radius 2 is 1.80 bits per heavy atom. The lowest BCUT2D eigenvalue weighted by Gasteiger charge is -2.32. The molecule has 0 fully saturated rings. The monoisotopic (exact) mass is 288 g/mol. The van der Waals surface area contributed by atoms with E-state index in [1.165, 1.54) is 0 Å². The quantitative estimate of drug-likeness (QED) is 0.649. The third-order valence-electron chi connectivity index (χ3n) is 3.55. The van der Waals surface area contributed by atoms with E-state index in [0.29, 0.717) is 13.2 Å². The van der Waals surface area contributed by atoms with Crippen molar-refractivity contribution in [2.75, 3.05) is 26.8 Å². The zero-order valence-electron chi connectivity index (χ0n) is 14.0. The van der Waals surface area contributed by atoms with E-state index >= 15 is 0 Å². The molecule has 0 aromatic carbocycles. The van der Waals surface area contributed by atoms with Crippen molar-refractivity contribution in [1.82, 2.24) is 10.6 Å². The summed E-state index contributed by atoms with van der Waals surface area (Å²) in [5, 5.41) is 6.00. The van der Waals surface area contributed by atoms with Crippen LogP contribution in [0, 0.1) is 0 Å². The third kappa shape index (κ3) is 8.38. The predicted molar refractivity (Wildman–Crippen MR) is 82.0 cm³/mol. The van der Waals surface area contributed by atoms with Crippen LogP contribution >= 0.6 is 0 Å². The van der Waals surface area contributed by atoms with Gasteiger partial charge in [0.15, 0.2) is 0 Å². The highest BCUT2D eigenvalue weighted by Gasteiger charge is 2.25. The van der Waals surface area contributed by atoms with Crippen molar-refractivity contribution in [2.24, 2.45) is 0 Å². The van der Waals surface area contributed by atoms with E-state index < -0.39 is 0 Å². The number of hydrogen-bond acceptors (Lipinski definition) is 4. The van der Waals surface area contributed by atoms with Gasteiger partial charge in [-0.05, 0) is 60.5 Å². The van der Waals surface area contributed by atoms with Crippen LogP contribution in [0.15, 0.2) is 0 Å². The van der Waals surface area contributed by atoms with Crippen LogP contribution in [0.2, 0.25) is 0 Å². The Morgan fingerprint density at radius 1 is 1.15 bits per heavy atom. The van der Waals surface area contributed by atoms with Gasteiger partial charge in [0.1, 0.15) is 0 Å². The number of nitrogens with one attached hydrogen (secondary N) is 2. The van der Waals surface area contributed by atoms with Gasteiger partial charge >= 0.3 is 6.09 Å². The molecule has 0 saturated heterocycles. The number of carbonyl (C=O) groups excluding carboxylic acids is 1. The van der Waals surface area contributed by atoms with Crippen LogP contribution in [0.3, 0.4) is 0 Å². The van der Waals surface area contributed by atoms with Gasteiger partial charge in [-0.2, -0.15) is 0 Å². The average Bonchev–Trinajstić information content (AvgIpc) is 2.35. The van der Waals surface area contributed by atoms with Gasteiger partial charge in [0.25, 0.3) is 0 Å². The third-order valence-corrected chi connectivity index (χ3v) is 3.55. The van der Waals surface area contributed by atoms with Crippen LogP contribution in [-0.4, -0.2) is 44.0 Å². The summed E-state index contributed by atoms with van der Waals surface area (Å²) in [4.78, 5) is 11.4. The maximum atomic E-state index is 11.4. The van der Waals surface area contributed by atoms with Crippen LogP contribution < -0.4 is 10.6 Å². The van der Waals surface area contributed by atoms with Crippen molar-refractivity contribution < 1.29 is 14.3 Å². The zero-order chi connectivity index (χ0) is 15.6. The summed E-state index contributed by atoms with van der Waals surface area (Å²) < 4.78 is 10.9. The smallest absolute Gasteiger partial charge is 0.407 e. The number of hydrogen-bond donors (Lipinski definition) is 2. The fourth-order valence-electron chi connectivity index (χ4n) is 1.80. The van der Waals surface area contributed by atoms with E-state index in [1.807, 2.05) is 20.9 Å². The molecule has 120 valence electrons. The highest BCUT2D eigenvalue weighted by Crippen LogP contribution is 2.21. The minimum Gasteiger partial charge on any atom is -0.450 e. The van der Waals surface area contributed by atoms with Gasteiger partial charge in [-0.25, -0.2) is 4.79 Å². The molecule has 0 heterocycles. The van der Waals surface area contributed by atoms with Crippen LogP contribution in [0.1, 0.15) is 53.9 Å². The Bertz CT molecular complexity index is 282. The van der Waals surface area contributed by atoms with Crippen molar-refractivity contribution >= 4 is 6.09 Å². The van der Waals surface area contributed by atoms with Crippen molar-refractivity contribution in [1.29, 1.82) is 0 Å². The predicted octanol–water partition coefficient (Wildman–Crippen LogP) is 2.70. The average molecular weight is 288 g/mol. The first-order valence-corrected chi connectivity index (χ1v) is 7.52. The van der Waals surface area contributed by atoms with Gasteiger partial charge in [0.05, 0.1) is 12.2 Å². The molecule has 0 radical (unpaired) electrons. The fraction of sp³-hybridized carbons (Fsp3) is 0.933. The van der Waals surface area contributed by atoms with Gasteiger partial charge in [-0.1, -0.05) is 6.92 Å². The molecule has 0 rings (SSSR count). The number of rotatable bonds is 10. The number of alkyl carbamates (subject to hydrolysis) is 1. The second-order valence-electron chi connectivity index (χ2n) is 5.98. The Kier molecular flexibility index (Phi) is 8.81. The molecule has 5 nitrogen and oxygen atoms in total. The molecule has 0 spiro atoms. The van der Waals surface area contributed by atoms with Gasteiger partial charge < -0.3 is 20.1 Å². The molecule has 0 aliphatic heterocycles. The topological polar surface area (TPSA) is 59.6 Å². The first-order chi connectivity index (χ1) is 9.28. The van der Waals surface area contributed by atoms with Crippen LogP contribution in [-0.2, 0) is 9.47 Å². The number of amides is 1. The largest absolute Gasteiger partial charge is 0.450 e. The molecule has 0 aliphatic carbocycles. The molecule has 0 aromatic heterocycles. The normalized spacial score (nSPS) is 14.7. The summed E-state index contributed by atoms with van der Waals surface area (Å²) in [7, 11) is 1.95. The second kappa shape index (κ2) is 9.19. The van der Waals surface area contributed by atoms with E-state index in [2.05, 4.69) is 24.5 Å². The SMILES string of the molecule is CCOC(=O)NC(C)(C)CCOC(C)(CC)CCNC. The second-order valence-corrected chi connectivity index (χ2v) is 5.98. The molecule has 20 heavy (non-hydrogen) atoms. The zero-order valence-corrected chi connectivity index (χ0v) is 14.0. The van der Waals surface area contributed by atoms with E-state index in [0.717, 1.165) is 25.8 Å². The Labute approximate surface area is 123 Å². The summed E-state index contributed by atoms with van der Waals surface area (Å²) in [5.74, 6) is 0. The molecular formula is C15H32N2O3. The van der Waals surface area contributed by atoms with E-state index in [9.17, 15) is 4.79 Å². The van der Waals surface area contributed by atoms with Gasteiger partial charge in [-0.3, -0.25) is 0 Å². The van der Waals surface area contributed by atoms with Gasteiger partial charge in [0.2, 0.25) is 0 Å². The Morgan fingerprint density at radius 3 is 2.30 bits per heavy atom. The summed E-state index contributed by atoms with van der Waals surface area (Å²) in [6.07, 6.45) is 2.33. The van der Waals surface area contributed by atoms with Crippen LogP contribution in [0.25, 0.3) is 0 Å². The molecular weight excluding hydrogens is 256 g/mol. The minimum absolute atomic E-state index is 0.108. The van der Waals surface area contributed by atoms with Crippen molar-refractivity contribution in [2.45, 2.75) is 65.0 Å². The highest BCUT2D eigenvalue weighted by molar-refractivity contribution is 5.68. The lowest BCUT2D eigenvalue weighted by Crippen LogP contribution is -2.45. The van der Waals surface area contributed by atoms with E-state index in [-0.39, 0.29) is 17.2 Å². The molecule has 0 aliphatic rings. The molecule has 1 amide bonds. The molecule has 1 unspecified atom stereocenters. The van der Waals surface area contributed by atoms with E-state index in [1.54, 1.807) is 6.92 Å². The molecule has 0 bridgehead atoms. The van der Waals surface area contributed by atoms with Crippen molar-refractivity contribution in [3.8, 4) is 0 Å². The lowest BCUT2D eigenvalue weighted by molar-refractivity contribution is -0.0460. The number of carbonyl (C=O) groups is 1. The van der Waals surface area contributed by atoms with Gasteiger partial charge in [-0.15, -0.1) is 0 Å². The summed E-state index contributed by atoms with van der Waals surface area (Å²) >= 11 is 0. The molecule has 0 aromatic rings. The lowest BCUT2D eigenvalue weighted by atomic mass is 9.97. The maximum Gasteiger partial charge on any atom is 0.407 e. The fourth-order valence-corrected chi connectivity index (χ4v) is 1.80. The van der Waals surface area contributed by atoms with Crippen molar-refractivity contribution in [3.05, 3.63) is 0 Å². The van der Waals surface area contributed by atoms with Crippen molar-refractivity contribution in [3.63, 3.8) is 0 Å². The molecule has 1 atom stereocenters. The summed E-state index contributed by atoms with van der Waals surface area (Å²) in [6.45, 7) is 12.0. The standard InChI is InChI=1S/C15H32N2O3/c1-7-15(5,9-11-16-6)20-12-10-14(3,4)17-13(18)19-8-2/h16H,7-12H2,1-6H3,(H,17,18). The maximum absolute atomic E-state index is 11.4. The van der Waals surface area contributed by atoms with E-state index in [4.69, 9.17) is 9.47 Å². The minimum atomic E-state index is -0.370. The van der Waals surface area contributed by atoms with Crippen LogP contribution in [0.4, 0.5) is 4.79 Å². The Balaban J connectivity index is 4.15. The van der Waals surface area contributed by atoms with Crippen LogP contribution in [0.5, 0.6) is 0 Å². The summed E-state index contributed by atoms with van der Waals surface area (Å²) in [6, 6.07) is 0. The van der Waals surface area contributed by atoms with Gasteiger partial charge in [0, 0.05) is 12.1 Å². The molecule has 2 N–H and O–H groups in total. The first kappa shape index (κ1) is 19.2.